The molecule has 1 heterocycles. The SMILES string of the molecule is CCC(C)c1ccc(NC(=S)Nc2ncn(Cc3cccc(C(F)(F)F)c3)n2)cc1. The molecule has 0 amide bonds. The Morgan fingerprint density at radius 2 is 1.87 bits per heavy atom. The molecule has 1 atom stereocenters. The predicted molar refractivity (Wildman–Crippen MR) is 116 cm³/mol. The molecule has 0 fully saturated rings. The highest BCUT2D eigenvalue weighted by molar-refractivity contribution is 7.80. The summed E-state index contributed by atoms with van der Waals surface area (Å²) in [5, 5.41) is 10.5. The number of nitrogens with zero attached hydrogens (tertiary/aromatic N) is 3. The lowest BCUT2D eigenvalue weighted by atomic mass is 9.99. The maximum Gasteiger partial charge on any atom is 0.416 e. The number of rotatable bonds is 6. The van der Waals surface area contributed by atoms with E-state index in [0.717, 1.165) is 24.2 Å². The summed E-state index contributed by atoms with van der Waals surface area (Å²) in [7, 11) is 0. The normalized spacial score (nSPS) is 12.4. The van der Waals surface area contributed by atoms with Crippen LogP contribution < -0.4 is 10.6 Å². The lowest BCUT2D eigenvalue weighted by molar-refractivity contribution is -0.137. The molecule has 0 bridgehead atoms. The molecule has 0 aliphatic carbocycles. The van der Waals surface area contributed by atoms with Crippen molar-refractivity contribution in [2.75, 3.05) is 10.6 Å². The summed E-state index contributed by atoms with van der Waals surface area (Å²) >= 11 is 5.29. The largest absolute Gasteiger partial charge is 0.416 e. The van der Waals surface area contributed by atoms with Gasteiger partial charge in [-0.25, -0.2) is 9.67 Å². The first-order valence-electron chi connectivity index (χ1n) is 9.48. The van der Waals surface area contributed by atoms with Crippen LogP contribution in [-0.2, 0) is 12.7 Å². The van der Waals surface area contributed by atoms with Gasteiger partial charge in [0.2, 0.25) is 5.95 Å². The zero-order valence-corrected chi connectivity index (χ0v) is 17.4. The van der Waals surface area contributed by atoms with E-state index in [1.165, 1.54) is 22.6 Å². The molecular formula is C21H22F3N5S. The summed E-state index contributed by atoms with van der Waals surface area (Å²) in [6.45, 7) is 4.49. The molecule has 3 aromatic rings. The third-order valence-corrected chi connectivity index (χ3v) is 4.91. The van der Waals surface area contributed by atoms with E-state index in [4.69, 9.17) is 12.2 Å². The summed E-state index contributed by atoms with van der Waals surface area (Å²) in [4.78, 5) is 4.10. The highest BCUT2D eigenvalue weighted by Gasteiger charge is 2.30. The van der Waals surface area contributed by atoms with Gasteiger partial charge in [0, 0.05) is 5.69 Å². The van der Waals surface area contributed by atoms with E-state index < -0.39 is 11.7 Å². The molecule has 2 N–H and O–H groups in total. The van der Waals surface area contributed by atoms with Crippen molar-refractivity contribution in [3.05, 3.63) is 71.5 Å². The second-order valence-electron chi connectivity index (χ2n) is 6.97. The van der Waals surface area contributed by atoms with Crippen LogP contribution in [0.5, 0.6) is 0 Å². The second-order valence-corrected chi connectivity index (χ2v) is 7.38. The van der Waals surface area contributed by atoms with Crippen molar-refractivity contribution in [1.29, 1.82) is 0 Å². The topological polar surface area (TPSA) is 54.8 Å². The van der Waals surface area contributed by atoms with E-state index >= 15 is 0 Å². The molecule has 0 spiro atoms. The summed E-state index contributed by atoms with van der Waals surface area (Å²) in [5.74, 6) is 0.754. The minimum Gasteiger partial charge on any atom is -0.332 e. The van der Waals surface area contributed by atoms with Gasteiger partial charge in [0.1, 0.15) is 6.33 Å². The first-order chi connectivity index (χ1) is 14.2. The zero-order valence-electron chi connectivity index (χ0n) is 16.6. The van der Waals surface area contributed by atoms with E-state index in [1.54, 1.807) is 6.07 Å². The summed E-state index contributed by atoms with van der Waals surface area (Å²) in [6.07, 6.45) is -1.87. The highest BCUT2D eigenvalue weighted by Crippen LogP contribution is 2.29. The first-order valence-corrected chi connectivity index (χ1v) is 9.89. The molecule has 5 nitrogen and oxygen atoms in total. The fraction of sp³-hybridized carbons (Fsp3) is 0.286. The number of hydrogen-bond donors (Lipinski definition) is 2. The van der Waals surface area contributed by atoms with Crippen molar-refractivity contribution >= 4 is 29.0 Å². The third kappa shape index (κ3) is 5.79. The van der Waals surface area contributed by atoms with Crippen molar-refractivity contribution in [2.24, 2.45) is 0 Å². The standard InChI is InChI=1S/C21H22F3N5S/c1-3-14(2)16-7-9-18(10-8-16)26-20(30)27-19-25-13-29(28-19)12-15-5-4-6-17(11-15)21(22,23)24/h4-11,13-14H,3,12H2,1-2H3,(H2,26,27,28,30). The molecule has 0 radical (unpaired) electrons. The monoisotopic (exact) mass is 433 g/mol. The molecule has 9 heteroatoms. The Balaban J connectivity index is 1.58. The molecule has 0 saturated carbocycles. The Hall–Kier alpha value is -2.94. The number of alkyl halides is 3. The number of anilines is 2. The Labute approximate surface area is 178 Å². The predicted octanol–water partition coefficient (Wildman–Crippen LogP) is 5.67. The van der Waals surface area contributed by atoms with Crippen LogP contribution >= 0.6 is 12.2 Å². The van der Waals surface area contributed by atoms with Gasteiger partial charge in [-0.3, -0.25) is 5.32 Å². The van der Waals surface area contributed by atoms with Crippen molar-refractivity contribution in [3.8, 4) is 0 Å². The van der Waals surface area contributed by atoms with Crippen LogP contribution in [0.15, 0.2) is 54.9 Å². The lowest BCUT2D eigenvalue weighted by Gasteiger charge is -2.11. The van der Waals surface area contributed by atoms with E-state index in [9.17, 15) is 13.2 Å². The van der Waals surface area contributed by atoms with Crippen LogP contribution in [0, 0.1) is 0 Å². The van der Waals surface area contributed by atoms with Crippen LogP contribution in [0.25, 0.3) is 0 Å². The molecule has 0 aliphatic rings. The maximum absolute atomic E-state index is 12.8. The fourth-order valence-electron chi connectivity index (χ4n) is 2.86. The lowest BCUT2D eigenvalue weighted by Crippen LogP contribution is -2.20. The zero-order chi connectivity index (χ0) is 21.7. The van der Waals surface area contributed by atoms with Gasteiger partial charge in [-0.15, -0.1) is 5.10 Å². The van der Waals surface area contributed by atoms with Gasteiger partial charge in [-0.1, -0.05) is 38.1 Å². The van der Waals surface area contributed by atoms with Crippen molar-refractivity contribution < 1.29 is 13.2 Å². The van der Waals surface area contributed by atoms with Crippen LogP contribution in [0.3, 0.4) is 0 Å². The number of hydrogen-bond acceptors (Lipinski definition) is 3. The number of halogens is 3. The fourth-order valence-corrected chi connectivity index (χ4v) is 3.06. The van der Waals surface area contributed by atoms with Crippen LogP contribution in [0.1, 0.15) is 42.9 Å². The molecule has 2 aromatic carbocycles. The number of nitrogens with one attached hydrogen (secondary N) is 2. The van der Waals surface area contributed by atoms with Crippen LogP contribution in [-0.4, -0.2) is 19.9 Å². The van der Waals surface area contributed by atoms with Gasteiger partial charge in [-0.2, -0.15) is 13.2 Å². The highest BCUT2D eigenvalue weighted by atomic mass is 32.1. The molecule has 3 rings (SSSR count). The molecule has 1 unspecified atom stereocenters. The van der Waals surface area contributed by atoms with Crippen molar-refractivity contribution in [2.45, 2.75) is 38.9 Å². The third-order valence-electron chi connectivity index (χ3n) is 4.71. The Kier molecular flexibility index (Phi) is 6.71. The van der Waals surface area contributed by atoms with Gasteiger partial charge < -0.3 is 5.32 Å². The number of benzene rings is 2. The maximum atomic E-state index is 12.8. The minimum absolute atomic E-state index is 0.163. The van der Waals surface area contributed by atoms with E-state index in [2.05, 4.69) is 46.7 Å². The second kappa shape index (κ2) is 9.25. The molecule has 0 aliphatic heterocycles. The van der Waals surface area contributed by atoms with Gasteiger partial charge in [0.05, 0.1) is 12.1 Å². The Morgan fingerprint density at radius 1 is 1.13 bits per heavy atom. The molecule has 1 aromatic heterocycles. The van der Waals surface area contributed by atoms with Gasteiger partial charge in [-0.05, 0) is 59.9 Å². The first kappa shape index (κ1) is 21.8. The van der Waals surface area contributed by atoms with E-state index in [1.807, 2.05) is 12.1 Å². The molecule has 0 saturated heterocycles. The van der Waals surface area contributed by atoms with Gasteiger partial charge >= 0.3 is 6.18 Å². The van der Waals surface area contributed by atoms with E-state index in [-0.39, 0.29) is 12.5 Å². The number of aromatic nitrogens is 3. The van der Waals surface area contributed by atoms with Crippen LogP contribution in [0.4, 0.5) is 24.8 Å². The van der Waals surface area contributed by atoms with Crippen LogP contribution in [0.2, 0.25) is 0 Å². The Morgan fingerprint density at radius 3 is 2.53 bits per heavy atom. The molecule has 158 valence electrons. The average molecular weight is 434 g/mol. The minimum atomic E-state index is -4.38. The van der Waals surface area contributed by atoms with Gasteiger partial charge in [0.15, 0.2) is 5.11 Å². The number of thiocarbonyl (C=S) groups is 1. The van der Waals surface area contributed by atoms with Crippen molar-refractivity contribution in [1.82, 2.24) is 14.8 Å². The average Bonchev–Trinajstić information content (AvgIpc) is 3.14. The molecular weight excluding hydrogens is 411 g/mol. The smallest absolute Gasteiger partial charge is 0.332 e. The van der Waals surface area contributed by atoms with E-state index in [0.29, 0.717) is 16.6 Å². The van der Waals surface area contributed by atoms with Crippen molar-refractivity contribution in [3.63, 3.8) is 0 Å². The quantitative estimate of drug-likeness (QED) is 0.491. The Bertz CT molecular complexity index is 998. The molecule has 30 heavy (non-hydrogen) atoms. The summed E-state index contributed by atoms with van der Waals surface area (Å²) in [6, 6.07) is 13.1. The summed E-state index contributed by atoms with van der Waals surface area (Å²) in [5.41, 5.74) is 1.88. The summed E-state index contributed by atoms with van der Waals surface area (Å²) < 4.78 is 40.0. The van der Waals surface area contributed by atoms with Gasteiger partial charge in [0.25, 0.3) is 0 Å².